The van der Waals surface area contributed by atoms with E-state index in [0.717, 1.165) is 24.9 Å². The second kappa shape index (κ2) is 7.75. The topological polar surface area (TPSA) is 35.5 Å². The first kappa shape index (κ1) is 14.6. The molecule has 0 saturated carbocycles. The predicted octanol–water partition coefficient (Wildman–Crippen LogP) is 3.71. The van der Waals surface area contributed by atoms with Gasteiger partial charge in [-0.3, -0.25) is 4.79 Å². The van der Waals surface area contributed by atoms with Crippen LogP contribution in [0.5, 0.6) is 11.5 Å². The summed E-state index contributed by atoms with van der Waals surface area (Å²) in [6.07, 6.45) is 2.74. The molecule has 3 heteroatoms. The van der Waals surface area contributed by atoms with E-state index in [1.54, 1.807) is 18.2 Å². The third kappa shape index (κ3) is 4.78. The molecule has 0 aliphatic rings. The molecule has 0 saturated heterocycles. The van der Waals surface area contributed by atoms with Gasteiger partial charge in [-0.2, -0.15) is 0 Å². The Labute approximate surface area is 109 Å². The van der Waals surface area contributed by atoms with Crippen molar-refractivity contribution in [1.29, 1.82) is 0 Å². The zero-order valence-corrected chi connectivity index (χ0v) is 11.4. The van der Waals surface area contributed by atoms with E-state index in [9.17, 15) is 4.79 Å². The molecule has 0 N–H and O–H groups in total. The number of rotatable bonds is 8. The fourth-order valence-corrected chi connectivity index (χ4v) is 1.45. The van der Waals surface area contributed by atoms with Crippen LogP contribution in [0.1, 0.15) is 44.0 Å². The fraction of sp³-hybridized carbons (Fsp3) is 0.533. The van der Waals surface area contributed by atoms with Gasteiger partial charge in [-0.1, -0.05) is 20.8 Å². The van der Waals surface area contributed by atoms with Gasteiger partial charge in [0, 0.05) is 6.07 Å². The van der Waals surface area contributed by atoms with Gasteiger partial charge in [-0.15, -0.1) is 0 Å². The molecular weight excluding hydrogens is 228 g/mol. The van der Waals surface area contributed by atoms with E-state index in [1.165, 1.54) is 0 Å². The number of hydrogen-bond acceptors (Lipinski definition) is 3. The summed E-state index contributed by atoms with van der Waals surface area (Å²) in [4.78, 5) is 10.9. The smallest absolute Gasteiger partial charge is 0.153 e. The van der Waals surface area contributed by atoms with Gasteiger partial charge in [-0.05, 0) is 30.9 Å². The molecule has 0 radical (unpaired) electrons. The van der Waals surface area contributed by atoms with Crippen LogP contribution in [0.2, 0.25) is 0 Å². The van der Waals surface area contributed by atoms with E-state index < -0.39 is 0 Å². The van der Waals surface area contributed by atoms with Gasteiger partial charge in [0.05, 0.1) is 18.8 Å². The Morgan fingerprint density at radius 1 is 1.22 bits per heavy atom. The van der Waals surface area contributed by atoms with Gasteiger partial charge in [-0.25, -0.2) is 0 Å². The Bertz CT molecular complexity index is 372. The Morgan fingerprint density at radius 3 is 2.61 bits per heavy atom. The lowest BCUT2D eigenvalue weighted by Gasteiger charge is -2.12. The van der Waals surface area contributed by atoms with Crippen LogP contribution in [-0.2, 0) is 0 Å². The highest BCUT2D eigenvalue weighted by Crippen LogP contribution is 2.24. The maximum atomic E-state index is 10.9. The number of carbonyl (C=O) groups excluding carboxylic acids is 1. The predicted molar refractivity (Wildman–Crippen MR) is 72.6 cm³/mol. The van der Waals surface area contributed by atoms with Crippen LogP contribution in [0.4, 0.5) is 0 Å². The summed E-state index contributed by atoms with van der Waals surface area (Å²) in [5.74, 6) is 1.95. The molecule has 0 bridgehead atoms. The van der Waals surface area contributed by atoms with Crippen LogP contribution in [0.3, 0.4) is 0 Å². The third-order valence-corrected chi connectivity index (χ3v) is 2.54. The second-order valence-corrected chi connectivity index (χ2v) is 4.70. The molecule has 0 fully saturated rings. The van der Waals surface area contributed by atoms with E-state index in [1.807, 2.05) is 0 Å². The monoisotopic (exact) mass is 250 g/mol. The van der Waals surface area contributed by atoms with Gasteiger partial charge < -0.3 is 9.47 Å². The van der Waals surface area contributed by atoms with Crippen LogP contribution in [-0.4, -0.2) is 19.5 Å². The Balaban J connectivity index is 2.69. The minimum atomic E-state index is 0.572. The summed E-state index contributed by atoms with van der Waals surface area (Å²) in [6, 6.07) is 5.33. The lowest BCUT2D eigenvalue weighted by molar-refractivity contribution is 0.111. The van der Waals surface area contributed by atoms with Crippen molar-refractivity contribution in [3.8, 4) is 11.5 Å². The molecule has 0 aromatic heterocycles. The van der Waals surface area contributed by atoms with Gasteiger partial charge in [0.1, 0.15) is 11.5 Å². The van der Waals surface area contributed by atoms with Crippen molar-refractivity contribution < 1.29 is 14.3 Å². The van der Waals surface area contributed by atoms with Gasteiger partial charge in [0.25, 0.3) is 0 Å². The molecule has 0 aliphatic heterocycles. The lowest BCUT2D eigenvalue weighted by Crippen LogP contribution is -2.04. The standard InChI is InChI=1S/C15H22O3/c1-4-8-17-14-6-5-13(11-16)15(10-14)18-9-7-12(2)3/h5-6,10-12H,4,7-9H2,1-3H3. The number of ether oxygens (including phenoxy) is 2. The molecule has 1 rings (SSSR count). The molecule has 0 spiro atoms. The summed E-state index contributed by atoms with van der Waals surface area (Å²) < 4.78 is 11.2. The van der Waals surface area contributed by atoms with Gasteiger partial charge in [0.2, 0.25) is 0 Å². The summed E-state index contributed by atoms with van der Waals surface area (Å²) >= 11 is 0. The van der Waals surface area contributed by atoms with E-state index in [-0.39, 0.29) is 0 Å². The third-order valence-electron chi connectivity index (χ3n) is 2.54. The molecule has 0 aliphatic carbocycles. The number of carbonyl (C=O) groups is 1. The summed E-state index contributed by atoms with van der Waals surface area (Å²) in [5.41, 5.74) is 0.572. The van der Waals surface area contributed by atoms with Crippen molar-refractivity contribution in [3.63, 3.8) is 0 Å². The molecule has 0 amide bonds. The van der Waals surface area contributed by atoms with E-state index in [4.69, 9.17) is 9.47 Å². The Morgan fingerprint density at radius 2 is 2.00 bits per heavy atom. The summed E-state index contributed by atoms with van der Waals surface area (Å²) in [6.45, 7) is 7.64. The van der Waals surface area contributed by atoms with Crippen LogP contribution in [0.25, 0.3) is 0 Å². The summed E-state index contributed by atoms with van der Waals surface area (Å²) in [7, 11) is 0. The highest BCUT2D eigenvalue weighted by Gasteiger charge is 2.06. The largest absolute Gasteiger partial charge is 0.493 e. The number of aldehydes is 1. The maximum absolute atomic E-state index is 10.9. The lowest BCUT2D eigenvalue weighted by atomic mass is 10.1. The van der Waals surface area contributed by atoms with Crippen molar-refractivity contribution in [3.05, 3.63) is 23.8 Å². The zero-order valence-electron chi connectivity index (χ0n) is 11.4. The average Bonchev–Trinajstić information content (AvgIpc) is 2.36. The molecule has 1 aromatic carbocycles. The minimum Gasteiger partial charge on any atom is -0.493 e. The second-order valence-electron chi connectivity index (χ2n) is 4.70. The minimum absolute atomic E-state index is 0.572. The van der Waals surface area contributed by atoms with Crippen LogP contribution in [0.15, 0.2) is 18.2 Å². The van der Waals surface area contributed by atoms with Crippen molar-refractivity contribution >= 4 is 6.29 Å². The summed E-state index contributed by atoms with van der Waals surface area (Å²) in [5, 5.41) is 0. The van der Waals surface area contributed by atoms with Crippen molar-refractivity contribution in [2.45, 2.75) is 33.6 Å². The normalized spacial score (nSPS) is 10.4. The molecule has 18 heavy (non-hydrogen) atoms. The van der Waals surface area contributed by atoms with Crippen LogP contribution >= 0.6 is 0 Å². The highest BCUT2D eigenvalue weighted by molar-refractivity contribution is 5.79. The van der Waals surface area contributed by atoms with Crippen molar-refractivity contribution in [1.82, 2.24) is 0 Å². The molecule has 3 nitrogen and oxygen atoms in total. The molecule has 0 atom stereocenters. The first-order valence-electron chi connectivity index (χ1n) is 6.52. The molecular formula is C15H22O3. The van der Waals surface area contributed by atoms with Gasteiger partial charge in [0.15, 0.2) is 6.29 Å². The fourth-order valence-electron chi connectivity index (χ4n) is 1.45. The quantitative estimate of drug-likeness (QED) is 0.660. The van der Waals surface area contributed by atoms with E-state index in [0.29, 0.717) is 30.4 Å². The maximum Gasteiger partial charge on any atom is 0.153 e. The van der Waals surface area contributed by atoms with Crippen molar-refractivity contribution in [2.75, 3.05) is 13.2 Å². The SMILES string of the molecule is CCCOc1ccc(C=O)c(OCCC(C)C)c1. The van der Waals surface area contributed by atoms with E-state index in [2.05, 4.69) is 20.8 Å². The first-order valence-corrected chi connectivity index (χ1v) is 6.52. The molecule has 0 heterocycles. The first-order chi connectivity index (χ1) is 8.67. The highest BCUT2D eigenvalue weighted by atomic mass is 16.5. The number of hydrogen-bond donors (Lipinski definition) is 0. The number of benzene rings is 1. The van der Waals surface area contributed by atoms with Gasteiger partial charge >= 0.3 is 0 Å². The molecule has 1 aromatic rings. The molecule has 100 valence electrons. The Hall–Kier alpha value is -1.51. The average molecular weight is 250 g/mol. The van der Waals surface area contributed by atoms with Crippen LogP contribution < -0.4 is 9.47 Å². The molecule has 0 unspecified atom stereocenters. The van der Waals surface area contributed by atoms with E-state index >= 15 is 0 Å². The van der Waals surface area contributed by atoms with Crippen LogP contribution in [0, 0.1) is 5.92 Å². The zero-order chi connectivity index (χ0) is 13.4. The Kier molecular flexibility index (Phi) is 6.26. The van der Waals surface area contributed by atoms with Crippen molar-refractivity contribution in [2.24, 2.45) is 5.92 Å².